The lowest BCUT2D eigenvalue weighted by Gasteiger charge is -2.09. The van der Waals surface area contributed by atoms with Crippen LogP contribution in [0.1, 0.15) is 28.6 Å². The Bertz CT molecular complexity index is 3180. The van der Waals surface area contributed by atoms with E-state index < -0.39 is 0 Å². The Labute approximate surface area is 334 Å². The van der Waals surface area contributed by atoms with E-state index in [9.17, 15) is 0 Å². The first-order valence-corrected chi connectivity index (χ1v) is 19.1. The number of rotatable bonds is 6. The highest BCUT2D eigenvalue weighted by molar-refractivity contribution is 5.99. The van der Waals surface area contributed by atoms with Crippen molar-refractivity contribution in [1.82, 2.24) is 29.9 Å². The fraction of sp³-hybridized carbons (Fsp3) is 0.0196. The molecule has 2 N–H and O–H groups in total. The van der Waals surface area contributed by atoms with Gasteiger partial charge in [-0.15, -0.1) is 0 Å². The molecule has 0 atom stereocenters. The Kier molecular flexibility index (Phi) is 8.53. The van der Waals surface area contributed by atoms with Gasteiger partial charge in [-0.3, -0.25) is 0 Å². The monoisotopic (exact) mass is 748 g/mol. The summed E-state index contributed by atoms with van der Waals surface area (Å²) in [5.41, 5.74) is 15.3. The second-order valence-corrected chi connectivity index (χ2v) is 14.2. The van der Waals surface area contributed by atoms with Crippen LogP contribution in [-0.4, -0.2) is 29.9 Å². The Morgan fingerprint density at radius 2 is 0.776 bits per heavy atom. The van der Waals surface area contributed by atoms with E-state index in [4.69, 9.17) is 14.7 Å². The number of H-pyrrole nitrogens is 2. The predicted octanol–water partition coefficient (Wildman–Crippen LogP) is 11.0. The maximum Gasteiger partial charge on any atom is 0.229 e. The molecule has 4 aromatic heterocycles. The molecular weight excluding hydrogens is 713 g/mol. The van der Waals surface area contributed by atoms with Gasteiger partial charge in [0.05, 0.1) is 33.3 Å². The smallest absolute Gasteiger partial charge is 0.229 e. The molecule has 0 aliphatic carbocycles. The second kappa shape index (κ2) is 14.3. The standard InChI is InChI=1S/C51H36N6O/c1-31-32(2)52-33(3)53-51(31)58-38-21-19-37(20-22-38)50-45-29-27-43(56-45)48(35-15-9-5-10-16-35)41-25-23-39(54-41)47(34-13-7-4-8-14-34)40-24-26-42(55-40)49(36-17-11-6-12-18-36)44-28-30-46(50)57-44/h4-30,54,57H,1-2H2,3H3. The molecule has 0 spiro atoms. The second-order valence-electron chi connectivity index (χ2n) is 14.2. The number of aromatic nitrogens is 6. The van der Waals surface area contributed by atoms with Gasteiger partial charge in [-0.25, -0.2) is 15.0 Å². The summed E-state index contributed by atoms with van der Waals surface area (Å²) in [6.45, 7) is 9.88. The quantitative estimate of drug-likeness (QED) is 0.177. The molecule has 10 rings (SSSR count). The van der Waals surface area contributed by atoms with Crippen LogP contribution in [0.5, 0.6) is 11.6 Å². The van der Waals surface area contributed by atoms with Crippen molar-refractivity contribution in [2.45, 2.75) is 6.92 Å². The van der Waals surface area contributed by atoms with Crippen LogP contribution in [0.15, 0.2) is 140 Å². The van der Waals surface area contributed by atoms with Gasteiger partial charge in [-0.2, -0.15) is 4.98 Å². The molecule has 4 aromatic carbocycles. The zero-order chi connectivity index (χ0) is 39.2. The fourth-order valence-electron chi connectivity index (χ4n) is 7.75. The average Bonchev–Trinajstić information content (AvgIpc) is 4.10. The molecule has 6 heterocycles. The van der Waals surface area contributed by atoms with E-state index in [0.29, 0.717) is 28.0 Å². The minimum atomic E-state index is 0.386. The van der Waals surface area contributed by atoms with Gasteiger partial charge >= 0.3 is 0 Å². The number of benzene rings is 4. The maximum atomic E-state index is 6.21. The zero-order valence-electron chi connectivity index (χ0n) is 31.7. The van der Waals surface area contributed by atoms with Crippen LogP contribution >= 0.6 is 0 Å². The first-order valence-electron chi connectivity index (χ1n) is 19.1. The molecule has 0 fully saturated rings. The number of hydrogen-bond donors (Lipinski definition) is 2. The van der Waals surface area contributed by atoms with E-state index in [1.54, 1.807) is 0 Å². The average molecular weight is 749 g/mol. The number of nitrogens with zero attached hydrogens (tertiary/aromatic N) is 4. The third kappa shape index (κ3) is 6.30. The molecule has 276 valence electrons. The SMILES string of the molecule is C=c1nc(C)nc(Oc2ccc(-c3c4nc(c(-c5ccccc5)c5ccc([nH]5)c(-c5ccccc5)c5nc(c(-c6ccccc6)c6ccc3[nH]6)C=C5)C=C4)cc2)c1=C. The topological polar surface area (TPSA) is 92.4 Å². The van der Waals surface area contributed by atoms with Crippen LogP contribution in [0.25, 0.3) is 104 Å². The van der Waals surface area contributed by atoms with E-state index in [0.717, 1.165) is 89.4 Å². The zero-order valence-corrected chi connectivity index (χ0v) is 31.7. The van der Waals surface area contributed by atoms with Crippen LogP contribution in [-0.2, 0) is 0 Å². The number of hydrogen-bond acceptors (Lipinski definition) is 5. The van der Waals surface area contributed by atoms with Crippen molar-refractivity contribution in [2.24, 2.45) is 0 Å². The lowest BCUT2D eigenvalue weighted by Crippen LogP contribution is -2.28. The Morgan fingerprint density at radius 1 is 0.414 bits per heavy atom. The van der Waals surface area contributed by atoms with Crippen molar-refractivity contribution in [3.63, 3.8) is 0 Å². The van der Waals surface area contributed by atoms with E-state index in [-0.39, 0.29) is 0 Å². The highest BCUT2D eigenvalue weighted by Crippen LogP contribution is 2.38. The highest BCUT2D eigenvalue weighted by atomic mass is 16.5. The first-order chi connectivity index (χ1) is 28.5. The minimum Gasteiger partial charge on any atom is -0.438 e. The third-order valence-corrected chi connectivity index (χ3v) is 10.5. The molecule has 8 bridgehead atoms. The van der Waals surface area contributed by atoms with Gasteiger partial charge in [0.1, 0.15) is 11.6 Å². The molecular formula is C51H36N6O. The van der Waals surface area contributed by atoms with Crippen LogP contribution in [0.2, 0.25) is 0 Å². The van der Waals surface area contributed by atoms with Crippen molar-refractivity contribution in [3.05, 3.63) is 179 Å². The molecule has 0 radical (unpaired) electrons. The van der Waals surface area contributed by atoms with Gasteiger partial charge < -0.3 is 14.7 Å². The van der Waals surface area contributed by atoms with Crippen molar-refractivity contribution in [3.8, 4) is 56.1 Å². The summed E-state index contributed by atoms with van der Waals surface area (Å²) in [4.78, 5) is 27.2. The van der Waals surface area contributed by atoms with Crippen molar-refractivity contribution in [1.29, 1.82) is 0 Å². The molecule has 7 nitrogen and oxygen atoms in total. The summed E-state index contributed by atoms with van der Waals surface area (Å²) in [6, 6.07) is 47.8. The summed E-state index contributed by atoms with van der Waals surface area (Å²) in [5, 5.41) is 1.10. The Morgan fingerprint density at radius 3 is 1.16 bits per heavy atom. The first kappa shape index (κ1) is 34.6. The van der Waals surface area contributed by atoms with Crippen LogP contribution in [0, 0.1) is 6.92 Å². The summed E-state index contributed by atoms with van der Waals surface area (Å²) in [7, 11) is 0. The molecule has 8 aromatic rings. The van der Waals surface area contributed by atoms with Gasteiger partial charge in [0.25, 0.3) is 0 Å². The van der Waals surface area contributed by atoms with E-state index >= 15 is 0 Å². The molecule has 2 aliphatic heterocycles. The predicted molar refractivity (Wildman–Crippen MR) is 238 cm³/mol. The van der Waals surface area contributed by atoms with E-state index in [1.807, 2.05) is 49.4 Å². The lowest BCUT2D eigenvalue weighted by atomic mass is 10.0. The Hall–Kier alpha value is -7.90. The van der Waals surface area contributed by atoms with Crippen molar-refractivity contribution in [2.75, 3.05) is 0 Å². The van der Waals surface area contributed by atoms with Gasteiger partial charge in [-0.05, 0) is 89.9 Å². The number of nitrogens with one attached hydrogen (secondary N) is 2. The van der Waals surface area contributed by atoms with Gasteiger partial charge in [-0.1, -0.05) is 116 Å². The maximum absolute atomic E-state index is 6.21. The molecule has 58 heavy (non-hydrogen) atoms. The van der Waals surface area contributed by atoms with Crippen LogP contribution in [0.4, 0.5) is 0 Å². The molecule has 0 saturated carbocycles. The normalized spacial score (nSPS) is 11.9. The number of aryl methyl sites for hydroxylation is 1. The minimum absolute atomic E-state index is 0.386. The summed E-state index contributed by atoms with van der Waals surface area (Å²) >= 11 is 0. The molecule has 7 heteroatoms. The van der Waals surface area contributed by atoms with Gasteiger partial charge in [0.15, 0.2) is 0 Å². The van der Waals surface area contributed by atoms with Crippen LogP contribution < -0.4 is 15.3 Å². The van der Waals surface area contributed by atoms with Gasteiger partial charge in [0.2, 0.25) is 5.88 Å². The summed E-state index contributed by atoms with van der Waals surface area (Å²) in [5.74, 6) is 1.58. The molecule has 0 unspecified atom stereocenters. The molecule has 0 saturated heterocycles. The van der Waals surface area contributed by atoms with E-state index in [1.165, 1.54) is 0 Å². The number of ether oxygens (including phenoxy) is 1. The van der Waals surface area contributed by atoms with E-state index in [2.05, 4.69) is 154 Å². The largest absolute Gasteiger partial charge is 0.438 e. The summed E-state index contributed by atoms with van der Waals surface area (Å²) in [6.07, 6.45) is 8.44. The van der Waals surface area contributed by atoms with Crippen molar-refractivity contribution >= 4 is 59.5 Å². The van der Waals surface area contributed by atoms with Crippen LogP contribution in [0.3, 0.4) is 0 Å². The van der Waals surface area contributed by atoms with Crippen molar-refractivity contribution < 1.29 is 4.74 Å². The van der Waals surface area contributed by atoms with Gasteiger partial charge in [0, 0.05) is 44.3 Å². The third-order valence-electron chi connectivity index (χ3n) is 10.5. The lowest BCUT2D eigenvalue weighted by molar-refractivity contribution is 0.454. The Balaban J connectivity index is 1.28. The fourth-order valence-corrected chi connectivity index (χ4v) is 7.75. The molecule has 0 amide bonds. The number of aromatic amines is 2. The highest BCUT2D eigenvalue weighted by Gasteiger charge is 2.19. The molecule has 2 aliphatic rings. The number of fused-ring (bicyclic) bond motifs is 8. The summed E-state index contributed by atoms with van der Waals surface area (Å²) < 4.78 is 6.21.